The molecule has 0 amide bonds. The lowest BCUT2D eigenvalue weighted by Gasteiger charge is -2.38. The van der Waals surface area contributed by atoms with E-state index < -0.39 is 0 Å². The first-order valence-electron chi connectivity index (χ1n) is 9.53. The molecule has 0 unspecified atom stereocenters. The lowest BCUT2D eigenvalue weighted by atomic mass is 9.96. The summed E-state index contributed by atoms with van der Waals surface area (Å²) >= 11 is 6.09. The smallest absolute Gasteiger partial charge is 0.231 e. The maximum atomic E-state index is 6.36. The molecule has 0 saturated heterocycles. The SMILES string of the molecule is Clc1ccc([C@@H]2Oc3ccccc3[C@H]3CC(c4ccc5c(c4)OCO5)=NN32)cc1. The highest BCUT2D eigenvalue weighted by atomic mass is 35.5. The summed E-state index contributed by atoms with van der Waals surface area (Å²) in [5.41, 5.74) is 4.21. The maximum Gasteiger partial charge on any atom is 0.231 e. The van der Waals surface area contributed by atoms with Crippen molar-refractivity contribution in [1.29, 1.82) is 0 Å². The van der Waals surface area contributed by atoms with Crippen LogP contribution in [0.2, 0.25) is 5.02 Å². The van der Waals surface area contributed by atoms with Crippen LogP contribution in [0.3, 0.4) is 0 Å². The Morgan fingerprint density at radius 2 is 1.72 bits per heavy atom. The standard InChI is InChI=1S/C23H17ClN2O3/c24-16-8-5-14(6-9-16)23-26-19(17-3-1-2-4-20(17)29-23)12-18(25-26)15-7-10-21-22(11-15)28-13-27-21/h1-11,19,23H,12-13H2/t19-,23+/m1/s1. The molecule has 0 bridgehead atoms. The zero-order valence-corrected chi connectivity index (χ0v) is 16.2. The second-order valence-corrected chi connectivity index (χ2v) is 7.71. The summed E-state index contributed by atoms with van der Waals surface area (Å²) in [7, 11) is 0. The molecule has 0 spiro atoms. The second kappa shape index (κ2) is 6.42. The third-order valence-corrected chi connectivity index (χ3v) is 5.81. The number of halogens is 1. The number of hydrogen-bond acceptors (Lipinski definition) is 5. The fraction of sp³-hybridized carbons (Fsp3) is 0.174. The summed E-state index contributed by atoms with van der Waals surface area (Å²) < 4.78 is 17.3. The van der Waals surface area contributed by atoms with E-state index in [1.807, 2.05) is 60.7 Å². The van der Waals surface area contributed by atoms with Gasteiger partial charge in [-0.3, -0.25) is 0 Å². The zero-order valence-electron chi connectivity index (χ0n) is 15.4. The number of para-hydroxylation sites is 1. The Labute approximate surface area is 173 Å². The van der Waals surface area contributed by atoms with E-state index >= 15 is 0 Å². The number of ether oxygens (including phenoxy) is 3. The molecule has 6 heteroatoms. The van der Waals surface area contributed by atoms with Gasteiger partial charge in [0.25, 0.3) is 0 Å². The molecule has 5 nitrogen and oxygen atoms in total. The Morgan fingerprint density at radius 1 is 0.897 bits per heavy atom. The molecule has 3 aliphatic rings. The van der Waals surface area contributed by atoms with Crippen molar-refractivity contribution in [2.24, 2.45) is 5.10 Å². The molecule has 3 aromatic carbocycles. The van der Waals surface area contributed by atoms with Crippen LogP contribution in [0, 0.1) is 0 Å². The first-order chi connectivity index (χ1) is 14.3. The molecule has 3 aliphatic heterocycles. The van der Waals surface area contributed by atoms with Crippen LogP contribution in [0.25, 0.3) is 0 Å². The van der Waals surface area contributed by atoms with Gasteiger partial charge in [0.1, 0.15) is 5.75 Å². The molecule has 3 aromatic rings. The van der Waals surface area contributed by atoms with Crippen molar-refractivity contribution >= 4 is 17.3 Å². The van der Waals surface area contributed by atoms with Crippen molar-refractivity contribution in [1.82, 2.24) is 5.01 Å². The topological polar surface area (TPSA) is 43.3 Å². The van der Waals surface area contributed by atoms with Gasteiger partial charge in [0.2, 0.25) is 13.0 Å². The van der Waals surface area contributed by atoms with Crippen LogP contribution in [0.1, 0.15) is 35.4 Å². The number of nitrogens with zero attached hydrogens (tertiary/aromatic N) is 2. The van der Waals surface area contributed by atoms with E-state index in [1.165, 1.54) is 0 Å². The minimum Gasteiger partial charge on any atom is -0.464 e. The second-order valence-electron chi connectivity index (χ2n) is 7.27. The van der Waals surface area contributed by atoms with Crippen LogP contribution < -0.4 is 14.2 Å². The molecule has 144 valence electrons. The van der Waals surface area contributed by atoms with Gasteiger partial charge >= 0.3 is 0 Å². The van der Waals surface area contributed by atoms with Gasteiger partial charge in [-0.15, -0.1) is 0 Å². The third-order valence-electron chi connectivity index (χ3n) is 5.56. The highest BCUT2D eigenvalue weighted by molar-refractivity contribution is 6.30. The monoisotopic (exact) mass is 404 g/mol. The van der Waals surface area contributed by atoms with Gasteiger partial charge < -0.3 is 14.2 Å². The highest BCUT2D eigenvalue weighted by Crippen LogP contribution is 2.47. The normalized spacial score (nSPS) is 21.3. The molecular formula is C23H17ClN2O3. The lowest BCUT2D eigenvalue weighted by molar-refractivity contribution is -0.0190. The van der Waals surface area contributed by atoms with Gasteiger partial charge in [0, 0.05) is 28.1 Å². The van der Waals surface area contributed by atoms with Crippen LogP contribution >= 0.6 is 11.6 Å². The van der Waals surface area contributed by atoms with Gasteiger partial charge in [-0.05, 0) is 36.4 Å². The quantitative estimate of drug-likeness (QED) is 0.580. The van der Waals surface area contributed by atoms with Crippen molar-refractivity contribution < 1.29 is 14.2 Å². The first kappa shape index (κ1) is 16.7. The highest BCUT2D eigenvalue weighted by Gasteiger charge is 2.41. The maximum absolute atomic E-state index is 6.36. The van der Waals surface area contributed by atoms with Crippen LogP contribution in [0.5, 0.6) is 17.2 Å². The van der Waals surface area contributed by atoms with E-state index in [0.29, 0.717) is 5.02 Å². The minimum absolute atomic E-state index is 0.112. The van der Waals surface area contributed by atoms with E-state index in [2.05, 4.69) is 11.1 Å². The average Bonchev–Trinajstić information content (AvgIpc) is 3.40. The minimum atomic E-state index is -0.307. The van der Waals surface area contributed by atoms with Gasteiger partial charge in [-0.25, -0.2) is 5.01 Å². The number of benzene rings is 3. The Bertz CT molecular complexity index is 1130. The van der Waals surface area contributed by atoms with Crippen molar-refractivity contribution in [2.75, 3.05) is 6.79 Å². The van der Waals surface area contributed by atoms with Gasteiger partial charge in [0.15, 0.2) is 11.5 Å². The summed E-state index contributed by atoms with van der Waals surface area (Å²) in [5.74, 6) is 2.44. The van der Waals surface area contributed by atoms with Crippen molar-refractivity contribution in [3.05, 3.63) is 88.4 Å². The molecule has 0 fully saturated rings. The predicted octanol–water partition coefficient (Wildman–Crippen LogP) is 5.31. The number of fused-ring (bicyclic) bond motifs is 4. The molecular weight excluding hydrogens is 388 g/mol. The Hall–Kier alpha value is -3.18. The predicted molar refractivity (Wildman–Crippen MR) is 110 cm³/mol. The van der Waals surface area contributed by atoms with Crippen LogP contribution in [-0.2, 0) is 0 Å². The van der Waals surface area contributed by atoms with Crippen LogP contribution in [-0.4, -0.2) is 17.5 Å². The summed E-state index contributed by atoms with van der Waals surface area (Å²) in [6.45, 7) is 0.264. The van der Waals surface area contributed by atoms with E-state index in [0.717, 1.165) is 46.1 Å². The molecule has 0 aliphatic carbocycles. The number of hydrazone groups is 1. The van der Waals surface area contributed by atoms with Gasteiger partial charge in [0.05, 0.1) is 11.8 Å². The molecule has 3 heterocycles. The first-order valence-corrected chi connectivity index (χ1v) is 9.91. The summed E-state index contributed by atoms with van der Waals surface area (Å²) in [6.07, 6.45) is 0.489. The van der Waals surface area contributed by atoms with Gasteiger partial charge in [-0.2, -0.15) is 5.10 Å². The Morgan fingerprint density at radius 3 is 2.62 bits per heavy atom. The summed E-state index contributed by atoms with van der Waals surface area (Å²) in [5, 5.41) is 7.74. The van der Waals surface area contributed by atoms with Crippen molar-refractivity contribution in [2.45, 2.75) is 18.7 Å². The van der Waals surface area contributed by atoms with Crippen LogP contribution in [0.15, 0.2) is 71.8 Å². The Kier molecular flexibility index (Phi) is 3.71. The zero-order chi connectivity index (χ0) is 19.4. The number of hydrogen-bond donors (Lipinski definition) is 0. The molecule has 2 atom stereocenters. The van der Waals surface area contributed by atoms with E-state index in [9.17, 15) is 0 Å². The van der Waals surface area contributed by atoms with E-state index in [-0.39, 0.29) is 19.1 Å². The van der Waals surface area contributed by atoms with Crippen molar-refractivity contribution in [3.8, 4) is 17.2 Å². The molecule has 6 rings (SSSR count). The molecule has 0 N–H and O–H groups in total. The van der Waals surface area contributed by atoms with E-state index in [1.54, 1.807) is 0 Å². The fourth-order valence-corrected chi connectivity index (χ4v) is 4.26. The molecule has 29 heavy (non-hydrogen) atoms. The van der Waals surface area contributed by atoms with E-state index in [4.69, 9.17) is 30.9 Å². The molecule has 0 radical (unpaired) electrons. The molecule has 0 saturated carbocycles. The van der Waals surface area contributed by atoms with Gasteiger partial charge in [-0.1, -0.05) is 41.9 Å². The fourth-order valence-electron chi connectivity index (χ4n) is 4.13. The lowest BCUT2D eigenvalue weighted by Crippen LogP contribution is -2.33. The summed E-state index contributed by atoms with van der Waals surface area (Å²) in [4.78, 5) is 0. The molecule has 0 aromatic heterocycles. The van der Waals surface area contributed by atoms with Crippen molar-refractivity contribution in [3.63, 3.8) is 0 Å². The summed E-state index contributed by atoms with van der Waals surface area (Å²) in [6, 6.07) is 22.0. The third kappa shape index (κ3) is 2.73. The van der Waals surface area contributed by atoms with Crippen LogP contribution in [0.4, 0.5) is 0 Å². The Balaban J connectivity index is 1.42. The average molecular weight is 405 g/mol. The number of rotatable bonds is 2. The largest absolute Gasteiger partial charge is 0.464 e.